The van der Waals surface area contributed by atoms with E-state index < -0.39 is 5.97 Å². The standard InChI is InChI=1S/C24H40O4/c1-14(4-7-22(27)28)17-5-6-18-16-13-21(26)20-12-15(25)8-10-24(20,3)19(16)9-11-23(17,18)2/h14-21,25-26H,4-13H2,1-3H3,(H,27,28)/t14-,15-,16+,17-,18+,19+,20+,21+,23?,24?/m1/s1. The van der Waals surface area contributed by atoms with Crippen LogP contribution in [0, 0.1) is 46.3 Å². The Labute approximate surface area is 170 Å². The molecule has 28 heavy (non-hydrogen) atoms. The molecule has 0 spiro atoms. The van der Waals surface area contributed by atoms with E-state index in [9.17, 15) is 15.0 Å². The third kappa shape index (κ3) is 3.14. The van der Waals surface area contributed by atoms with Gasteiger partial charge in [-0.3, -0.25) is 4.79 Å². The molecule has 4 aliphatic rings. The molecule has 160 valence electrons. The SMILES string of the molecule is C[C@H](CCC(=O)O)[C@H]1CC[C@H]2[C@@H]3C[C@H](O)[C@@H]4C[C@H](O)CCC4(C)[C@H]3CCC12C. The van der Waals surface area contributed by atoms with Crippen molar-refractivity contribution in [3.8, 4) is 0 Å². The van der Waals surface area contributed by atoms with Gasteiger partial charge >= 0.3 is 5.97 Å². The number of fused-ring (bicyclic) bond motifs is 5. The normalized spacial score (nSPS) is 51.7. The van der Waals surface area contributed by atoms with Crippen molar-refractivity contribution in [1.82, 2.24) is 0 Å². The molecule has 4 nitrogen and oxygen atoms in total. The molecule has 4 aliphatic carbocycles. The Morgan fingerprint density at radius 3 is 2.36 bits per heavy atom. The minimum absolute atomic E-state index is 0.176. The van der Waals surface area contributed by atoms with Crippen LogP contribution in [0.2, 0.25) is 0 Å². The van der Waals surface area contributed by atoms with Crippen LogP contribution in [-0.2, 0) is 4.79 Å². The van der Waals surface area contributed by atoms with E-state index in [1.54, 1.807) is 0 Å². The summed E-state index contributed by atoms with van der Waals surface area (Å²) in [6.45, 7) is 7.16. The molecule has 4 fully saturated rings. The first-order valence-corrected chi connectivity index (χ1v) is 11.7. The van der Waals surface area contributed by atoms with E-state index >= 15 is 0 Å². The van der Waals surface area contributed by atoms with Gasteiger partial charge in [-0.15, -0.1) is 0 Å². The van der Waals surface area contributed by atoms with Crippen LogP contribution >= 0.6 is 0 Å². The van der Waals surface area contributed by atoms with Crippen LogP contribution in [0.15, 0.2) is 0 Å². The van der Waals surface area contributed by atoms with Crippen molar-refractivity contribution in [2.75, 3.05) is 0 Å². The maximum atomic E-state index is 11.1. The van der Waals surface area contributed by atoms with Gasteiger partial charge in [0.1, 0.15) is 0 Å². The molecule has 0 saturated heterocycles. The fraction of sp³-hybridized carbons (Fsp3) is 0.958. The van der Waals surface area contributed by atoms with Gasteiger partial charge in [-0.2, -0.15) is 0 Å². The first-order valence-electron chi connectivity index (χ1n) is 11.7. The van der Waals surface area contributed by atoms with E-state index in [1.807, 2.05) is 0 Å². The number of carbonyl (C=O) groups is 1. The van der Waals surface area contributed by atoms with Crippen LogP contribution in [0.5, 0.6) is 0 Å². The van der Waals surface area contributed by atoms with E-state index in [0.717, 1.165) is 32.1 Å². The monoisotopic (exact) mass is 392 g/mol. The number of aliphatic hydroxyl groups is 2. The molecule has 4 heteroatoms. The topological polar surface area (TPSA) is 77.8 Å². The van der Waals surface area contributed by atoms with Crippen LogP contribution < -0.4 is 0 Å². The van der Waals surface area contributed by atoms with Crippen molar-refractivity contribution in [2.24, 2.45) is 46.3 Å². The highest BCUT2D eigenvalue weighted by Crippen LogP contribution is 2.68. The van der Waals surface area contributed by atoms with Crippen molar-refractivity contribution in [1.29, 1.82) is 0 Å². The summed E-state index contributed by atoms with van der Waals surface area (Å²) in [6, 6.07) is 0. The van der Waals surface area contributed by atoms with E-state index in [0.29, 0.717) is 35.0 Å². The van der Waals surface area contributed by atoms with Gasteiger partial charge in [0, 0.05) is 6.42 Å². The smallest absolute Gasteiger partial charge is 0.303 e. The van der Waals surface area contributed by atoms with Crippen molar-refractivity contribution in [3.05, 3.63) is 0 Å². The molecule has 0 amide bonds. The fourth-order valence-electron chi connectivity index (χ4n) is 8.81. The summed E-state index contributed by atoms with van der Waals surface area (Å²) in [5.74, 6) is 2.61. The van der Waals surface area contributed by atoms with Crippen LogP contribution in [0.1, 0.15) is 85.0 Å². The highest BCUT2D eigenvalue weighted by atomic mass is 16.4. The summed E-state index contributed by atoms with van der Waals surface area (Å²) >= 11 is 0. The van der Waals surface area contributed by atoms with Gasteiger partial charge < -0.3 is 15.3 Å². The summed E-state index contributed by atoms with van der Waals surface area (Å²) in [5.41, 5.74) is 0.478. The van der Waals surface area contributed by atoms with Crippen molar-refractivity contribution < 1.29 is 20.1 Å². The number of aliphatic carboxylic acids is 1. The summed E-state index contributed by atoms with van der Waals surface area (Å²) in [7, 11) is 0. The molecule has 0 heterocycles. The number of carboxylic acid groups (broad SMARTS) is 1. The van der Waals surface area contributed by atoms with Crippen molar-refractivity contribution >= 4 is 5.97 Å². The van der Waals surface area contributed by atoms with E-state index in [-0.39, 0.29) is 30.0 Å². The van der Waals surface area contributed by atoms with Crippen LogP contribution in [0.25, 0.3) is 0 Å². The van der Waals surface area contributed by atoms with Crippen LogP contribution in [0.3, 0.4) is 0 Å². The molecule has 0 aliphatic heterocycles. The Kier molecular flexibility index (Phi) is 5.36. The number of hydrogen-bond acceptors (Lipinski definition) is 3. The zero-order chi connectivity index (χ0) is 20.3. The molecule has 0 bridgehead atoms. The Morgan fingerprint density at radius 2 is 1.64 bits per heavy atom. The second-order valence-corrected chi connectivity index (χ2v) is 11.4. The minimum atomic E-state index is -0.677. The third-order valence-electron chi connectivity index (χ3n) is 10.2. The Hall–Kier alpha value is -0.610. The van der Waals surface area contributed by atoms with E-state index in [4.69, 9.17) is 5.11 Å². The van der Waals surface area contributed by atoms with Gasteiger partial charge in [-0.1, -0.05) is 20.8 Å². The Balaban J connectivity index is 1.55. The van der Waals surface area contributed by atoms with Crippen molar-refractivity contribution in [2.45, 2.75) is 97.2 Å². The van der Waals surface area contributed by atoms with E-state index in [2.05, 4.69) is 20.8 Å². The molecule has 4 saturated carbocycles. The Morgan fingerprint density at radius 1 is 0.964 bits per heavy atom. The molecule has 0 aromatic carbocycles. The maximum absolute atomic E-state index is 11.1. The molecule has 4 rings (SSSR count). The predicted octanol–water partition coefficient (Wildman–Crippen LogP) is 4.48. The molecule has 0 radical (unpaired) electrons. The first-order chi connectivity index (χ1) is 13.2. The van der Waals surface area contributed by atoms with Crippen molar-refractivity contribution in [3.63, 3.8) is 0 Å². The second kappa shape index (κ2) is 7.27. The Bertz CT molecular complexity index is 605. The largest absolute Gasteiger partial charge is 0.481 e. The summed E-state index contributed by atoms with van der Waals surface area (Å²) < 4.78 is 0. The third-order valence-corrected chi connectivity index (χ3v) is 10.2. The highest BCUT2D eigenvalue weighted by Gasteiger charge is 2.62. The lowest BCUT2D eigenvalue weighted by atomic mass is 9.44. The molecule has 10 atom stereocenters. The number of aliphatic hydroxyl groups excluding tert-OH is 2. The van der Waals surface area contributed by atoms with Gasteiger partial charge in [0.05, 0.1) is 12.2 Å². The summed E-state index contributed by atoms with van der Waals surface area (Å²) in [4.78, 5) is 11.1. The van der Waals surface area contributed by atoms with Gasteiger partial charge in [0.25, 0.3) is 0 Å². The van der Waals surface area contributed by atoms with Gasteiger partial charge in [0.2, 0.25) is 0 Å². The quantitative estimate of drug-likeness (QED) is 0.659. The second-order valence-electron chi connectivity index (χ2n) is 11.4. The molecule has 0 aromatic heterocycles. The molecule has 3 N–H and O–H groups in total. The maximum Gasteiger partial charge on any atom is 0.303 e. The average Bonchev–Trinajstić information content (AvgIpc) is 2.99. The minimum Gasteiger partial charge on any atom is -0.481 e. The van der Waals surface area contributed by atoms with Crippen LogP contribution in [-0.4, -0.2) is 33.5 Å². The van der Waals surface area contributed by atoms with Gasteiger partial charge in [0.15, 0.2) is 0 Å². The summed E-state index contributed by atoms with van der Waals surface area (Å²) in [6.07, 6.45) is 9.16. The molecular weight excluding hydrogens is 352 g/mol. The highest BCUT2D eigenvalue weighted by molar-refractivity contribution is 5.66. The molecule has 2 unspecified atom stereocenters. The zero-order valence-corrected chi connectivity index (χ0v) is 17.9. The van der Waals surface area contributed by atoms with Crippen LogP contribution in [0.4, 0.5) is 0 Å². The fourth-order valence-corrected chi connectivity index (χ4v) is 8.81. The lowest BCUT2D eigenvalue weighted by Gasteiger charge is -2.62. The van der Waals surface area contributed by atoms with E-state index in [1.165, 1.54) is 25.7 Å². The average molecular weight is 393 g/mol. The first kappa shape index (κ1) is 20.7. The molecular formula is C24H40O4. The number of carboxylic acids is 1. The van der Waals surface area contributed by atoms with Gasteiger partial charge in [-0.05, 0) is 104 Å². The molecule has 0 aromatic rings. The number of rotatable bonds is 4. The van der Waals surface area contributed by atoms with Gasteiger partial charge in [-0.25, -0.2) is 0 Å². The predicted molar refractivity (Wildman–Crippen MR) is 109 cm³/mol. The summed E-state index contributed by atoms with van der Waals surface area (Å²) in [5, 5.41) is 30.4. The number of hydrogen-bond donors (Lipinski definition) is 3. The zero-order valence-electron chi connectivity index (χ0n) is 17.9. The lowest BCUT2D eigenvalue weighted by molar-refractivity contribution is -0.172. The lowest BCUT2D eigenvalue weighted by Crippen LogP contribution is -2.58.